The monoisotopic (exact) mass is 275 g/mol. The van der Waals surface area contributed by atoms with Crippen LogP contribution in [0.5, 0.6) is 5.75 Å². The summed E-state index contributed by atoms with van der Waals surface area (Å²) in [5.41, 5.74) is -0.102. The van der Waals surface area contributed by atoms with E-state index in [-0.39, 0.29) is 0 Å². The van der Waals surface area contributed by atoms with Gasteiger partial charge < -0.3 is 22.4 Å². The zero-order valence-corrected chi connectivity index (χ0v) is 11.3. The van der Waals surface area contributed by atoms with Crippen LogP contribution in [0.1, 0.15) is 25.3 Å². The maximum absolute atomic E-state index is 12.5. The van der Waals surface area contributed by atoms with Gasteiger partial charge in [0.05, 0.1) is 6.61 Å². The van der Waals surface area contributed by atoms with Crippen molar-refractivity contribution in [3.8, 4) is 5.75 Å². The van der Waals surface area contributed by atoms with Gasteiger partial charge in [-0.3, -0.25) is 0 Å². The number of ether oxygens (including phenoxy) is 2. The van der Waals surface area contributed by atoms with E-state index in [1.807, 2.05) is 0 Å². The van der Waals surface area contributed by atoms with Gasteiger partial charge in [0, 0.05) is 6.61 Å². The molecule has 0 radical (unpaired) electrons. The summed E-state index contributed by atoms with van der Waals surface area (Å²) in [6.07, 6.45) is 2.07. The molecule has 6 heteroatoms. The second-order valence-corrected chi connectivity index (χ2v) is 4.41. The lowest BCUT2D eigenvalue weighted by atomic mass is 9.79. The van der Waals surface area contributed by atoms with Gasteiger partial charge in [-0.05, 0) is 25.0 Å². The summed E-state index contributed by atoms with van der Waals surface area (Å²) in [6, 6.07) is 3.54. The third kappa shape index (κ3) is 5.55. The molecular weight excluding hydrogens is 256 g/mol. The number of aryl methyl sites for hydroxylation is 1. The smallest absolute Gasteiger partial charge is 0.491 e. The molecule has 0 aromatic heterocycles. The van der Waals surface area contributed by atoms with Crippen molar-refractivity contribution < 1.29 is 22.4 Å². The zero-order valence-electron chi connectivity index (χ0n) is 11.3. The van der Waals surface area contributed by atoms with Crippen molar-refractivity contribution in [2.75, 3.05) is 19.8 Å². The molecule has 1 aromatic rings. The van der Waals surface area contributed by atoms with Crippen molar-refractivity contribution >= 4 is 12.4 Å². The average Bonchev–Trinajstić information content (AvgIpc) is 2.34. The van der Waals surface area contributed by atoms with Gasteiger partial charge in [0.25, 0.3) is 0 Å². The van der Waals surface area contributed by atoms with E-state index in [9.17, 15) is 12.9 Å². The lowest BCUT2D eigenvalue weighted by molar-refractivity contribution is 0.0978. The summed E-state index contributed by atoms with van der Waals surface area (Å²) in [4.78, 5) is 0. The highest BCUT2D eigenvalue weighted by Crippen LogP contribution is 2.18. The molecule has 2 nitrogen and oxygen atoms in total. The maximum Gasteiger partial charge on any atom is 0.509 e. The molecular formula is C13H19BF3O2-. The minimum absolute atomic E-state index is 0.348. The maximum atomic E-state index is 12.5. The molecule has 0 unspecified atom stereocenters. The number of unbranched alkanes of at least 4 members (excludes halogenated alkanes) is 1. The van der Waals surface area contributed by atoms with Gasteiger partial charge in [-0.15, -0.1) is 5.46 Å². The van der Waals surface area contributed by atoms with E-state index in [2.05, 4.69) is 6.92 Å². The Balaban J connectivity index is 2.43. The molecule has 0 saturated heterocycles. The number of hydrogen-bond donors (Lipinski definition) is 0. The molecule has 0 saturated carbocycles. The molecule has 0 spiro atoms. The summed E-state index contributed by atoms with van der Waals surface area (Å²) < 4.78 is 48.3. The summed E-state index contributed by atoms with van der Waals surface area (Å²) >= 11 is 0. The summed E-state index contributed by atoms with van der Waals surface area (Å²) in [7, 11) is 0. The van der Waals surface area contributed by atoms with E-state index in [1.165, 1.54) is 6.07 Å². The number of hydrogen-bond acceptors (Lipinski definition) is 2. The zero-order chi connectivity index (χ0) is 14.3. The first-order valence-electron chi connectivity index (χ1n) is 6.46. The van der Waals surface area contributed by atoms with Gasteiger partial charge in [-0.25, -0.2) is 0 Å². The molecule has 0 N–H and O–H groups in total. The third-order valence-electron chi connectivity index (χ3n) is 2.70. The molecule has 0 aliphatic rings. The SMILES string of the molecule is CCCCOCCOc1ccc([B-](F)(F)F)cc1C. The van der Waals surface area contributed by atoms with Gasteiger partial charge >= 0.3 is 6.98 Å². The first-order valence-corrected chi connectivity index (χ1v) is 6.46. The van der Waals surface area contributed by atoms with Gasteiger partial charge in [0.1, 0.15) is 12.4 Å². The predicted molar refractivity (Wildman–Crippen MR) is 71.1 cm³/mol. The fourth-order valence-electron chi connectivity index (χ4n) is 1.60. The second-order valence-electron chi connectivity index (χ2n) is 4.41. The molecule has 108 valence electrons. The summed E-state index contributed by atoms with van der Waals surface area (Å²) in [5.74, 6) is 0.475. The summed E-state index contributed by atoms with van der Waals surface area (Å²) in [6.45, 7) is 0.225. The molecule has 1 rings (SSSR count). The Bertz CT molecular complexity index is 394. The minimum Gasteiger partial charge on any atom is -0.491 e. The standard InChI is InChI=1S/C13H19BF3O2/c1-3-4-7-18-8-9-19-13-6-5-12(10-11(13)2)14(15,16)17/h5-6,10H,3-4,7-9H2,1-2H3/q-1. The van der Waals surface area contributed by atoms with Crippen LogP contribution in [-0.4, -0.2) is 26.8 Å². The number of rotatable bonds is 8. The molecule has 19 heavy (non-hydrogen) atoms. The van der Waals surface area contributed by atoms with E-state index < -0.39 is 12.4 Å². The average molecular weight is 275 g/mol. The Morgan fingerprint density at radius 3 is 2.42 bits per heavy atom. The van der Waals surface area contributed by atoms with E-state index in [4.69, 9.17) is 9.47 Å². The van der Waals surface area contributed by atoms with Crippen LogP contribution in [0, 0.1) is 6.92 Å². The highest BCUT2D eigenvalue weighted by molar-refractivity contribution is 6.73. The van der Waals surface area contributed by atoms with Crippen molar-refractivity contribution in [2.45, 2.75) is 26.7 Å². The van der Waals surface area contributed by atoms with Crippen LogP contribution in [-0.2, 0) is 4.74 Å². The lowest BCUT2D eigenvalue weighted by Gasteiger charge is -2.17. The van der Waals surface area contributed by atoms with Crippen LogP contribution in [0.25, 0.3) is 0 Å². The minimum atomic E-state index is -4.95. The Hall–Kier alpha value is -1.17. The van der Waals surface area contributed by atoms with Crippen molar-refractivity contribution in [1.82, 2.24) is 0 Å². The van der Waals surface area contributed by atoms with Crippen LogP contribution in [0.4, 0.5) is 12.9 Å². The van der Waals surface area contributed by atoms with E-state index in [0.717, 1.165) is 25.0 Å². The Kier molecular flexibility index (Phi) is 6.21. The number of benzene rings is 1. The Morgan fingerprint density at radius 2 is 1.84 bits per heavy atom. The number of halogens is 3. The fraction of sp³-hybridized carbons (Fsp3) is 0.538. The fourth-order valence-corrected chi connectivity index (χ4v) is 1.60. The predicted octanol–water partition coefficient (Wildman–Crippen LogP) is 3.24. The topological polar surface area (TPSA) is 18.5 Å². The van der Waals surface area contributed by atoms with Crippen LogP contribution < -0.4 is 10.2 Å². The largest absolute Gasteiger partial charge is 0.509 e. The third-order valence-corrected chi connectivity index (χ3v) is 2.70. The lowest BCUT2D eigenvalue weighted by Crippen LogP contribution is -2.34. The van der Waals surface area contributed by atoms with E-state index in [1.54, 1.807) is 6.92 Å². The molecule has 0 aliphatic carbocycles. The molecule has 0 bridgehead atoms. The first kappa shape index (κ1) is 15.9. The van der Waals surface area contributed by atoms with E-state index in [0.29, 0.717) is 31.1 Å². The Labute approximate surface area is 112 Å². The van der Waals surface area contributed by atoms with Crippen LogP contribution in [0.2, 0.25) is 0 Å². The van der Waals surface area contributed by atoms with Crippen molar-refractivity contribution in [3.05, 3.63) is 23.8 Å². The molecule has 1 aromatic carbocycles. The molecule has 0 aliphatic heterocycles. The van der Waals surface area contributed by atoms with Gasteiger partial charge in [-0.2, -0.15) is 0 Å². The molecule has 0 heterocycles. The van der Waals surface area contributed by atoms with Crippen molar-refractivity contribution in [1.29, 1.82) is 0 Å². The van der Waals surface area contributed by atoms with Crippen molar-refractivity contribution in [2.24, 2.45) is 0 Å². The van der Waals surface area contributed by atoms with E-state index >= 15 is 0 Å². The highest BCUT2D eigenvalue weighted by Gasteiger charge is 2.25. The second kappa shape index (κ2) is 7.43. The van der Waals surface area contributed by atoms with Crippen molar-refractivity contribution in [3.63, 3.8) is 0 Å². The normalized spacial score (nSPS) is 11.6. The van der Waals surface area contributed by atoms with Crippen LogP contribution >= 0.6 is 0 Å². The van der Waals surface area contributed by atoms with Crippen LogP contribution in [0.3, 0.4) is 0 Å². The van der Waals surface area contributed by atoms with Gasteiger partial charge in [-0.1, -0.05) is 25.5 Å². The Morgan fingerprint density at radius 1 is 1.11 bits per heavy atom. The summed E-state index contributed by atoms with van der Waals surface area (Å²) in [5, 5.41) is 0. The molecule has 0 fully saturated rings. The molecule has 0 amide bonds. The quantitative estimate of drug-likeness (QED) is 0.535. The van der Waals surface area contributed by atoms with Gasteiger partial charge in [0.2, 0.25) is 0 Å². The molecule has 0 atom stereocenters. The van der Waals surface area contributed by atoms with Crippen LogP contribution in [0.15, 0.2) is 18.2 Å². The first-order chi connectivity index (χ1) is 8.95. The van der Waals surface area contributed by atoms with Gasteiger partial charge in [0.15, 0.2) is 0 Å². The highest BCUT2D eigenvalue weighted by atomic mass is 19.4.